The molecule has 1 fully saturated rings. The van der Waals surface area contributed by atoms with Gasteiger partial charge in [0.25, 0.3) is 5.69 Å². The van der Waals surface area contributed by atoms with Crippen LogP contribution in [0.25, 0.3) is 0 Å². The van der Waals surface area contributed by atoms with Crippen LogP contribution in [0.1, 0.15) is 36.8 Å². The molecular weight excluding hydrogens is 382 g/mol. The SMILES string of the molecule is NC(=O)C(CCc1ccncc1)(NCCC1CCNCC1)c1ccccc1[N+](=O)[O-]. The number of hydrogen-bond acceptors (Lipinski definition) is 6. The van der Waals surface area contributed by atoms with E-state index >= 15 is 0 Å². The number of carbonyl (C=O) groups excluding carboxylic acids is 1. The summed E-state index contributed by atoms with van der Waals surface area (Å²) in [5.41, 5.74) is 5.81. The van der Waals surface area contributed by atoms with Gasteiger partial charge < -0.3 is 11.1 Å². The molecule has 1 atom stereocenters. The first-order valence-corrected chi connectivity index (χ1v) is 10.4. The number of nitrogens with one attached hydrogen (secondary N) is 2. The molecule has 30 heavy (non-hydrogen) atoms. The summed E-state index contributed by atoms with van der Waals surface area (Å²) in [5.74, 6) is -0.0357. The molecule has 3 rings (SSSR count). The number of benzene rings is 1. The number of nitrogens with zero attached hydrogens (tertiary/aromatic N) is 2. The fourth-order valence-corrected chi connectivity index (χ4v) is 4.20. The summed E-state index contributed by atoms with van der Waals surface area (Å²) in [6.45, 7) is 2.56. The van der Waals surface area contributed by atoms with Crippen LogP contribution in [0, 0.1) is 16.0 Å². The lowest BCUT2D eigenvalue weighted by Gasteiger charge is -2.33. The lowest BCUT2D eigenvalue weighted by Crippen LogP contribution is -2.54. The molecule has 4 N–H and O–H groups in total. The minimum absolute atomic E-state index is 0.0969. The van der Waals surface area contributed by atoms with Gasteiger partial charge in [0.15, 0.2) is 0 Å². The summed E-state index contributed by atoms with van der Waals surface area (Å²) in [6.07, 6.45) is 7.32. The average molecular weight is 412 g/mol. The fraction of sp³-hybridized carbons (Fsp3) is 0.455. The molecule has 160 valence electrons. The monoisotopic (exact) mass is 411 g/mol. The van der Waals surface area contributed by atoms with Crippen molar-refractivity contribution < 1.29 is 9.72 Å². The molecule has 1 aliphatic rings. The van der Waals surface area contributed by atoms with Crippen molar-refractivity contribution in [3.8, 4) is 0 Å². The normalized spacial score (nSPS) is 16.7. The Kier molecular flexibility index (Phi) is 7.48. The first-order chi connectivity index (χ1) is 14.5. The molecule has 2 heterocycles. The molecule has 1 aromatic carbocycles. The van der Waals surface area contributed by atoms with E-state index in [4.69, 9.17) is 5.73 Å². The van der Waals surface area contributed by atoms with Gasteiger partial charge in [-0.2, -0.15) is 0 Å². The number of para-hydroxylation sites is 1. The van der Waals surface area contributed by atoms with Crippen LogP contribution in [0.2, 0.25) is 0 Å². The molecule has 0 aliphatic carbocycles. The van der Waals surface area contributed by atoms with E-state index in [1.807, 2.05) is 12.1 Å². The zero-order valence-corrected chi connectivity index (χ0v) is 17.0. The van der Waals surface area contributed by atoms with Crippen LogP contribution < -0.4 is 16.4 Å². The van der Waals surface area contributed by atoms with Crippen molar-refractivity contribution in [3.63, 3.8) is 0 Å². The van der Waals surface area contributed by atoms with Crippen molar-refractivity contribution in [2.75, 3.05) is 19.6 Å². The van der Waals surface area contributed by atoms with Gasteiger partial charge in [-0.25, -0.2) is 0 Å². The Morgan fingerprint density at radius 1 is 1.23 bits per heavy atom. The number of piperidine rings is 1. The van der Waals surface area contributed by atoms with E-state index in [9.17, 15) is 14.9 Å². The van der Waals surface area contributed by atoms with E-state index in [0.717, 1.165) is 37.9 Å². The summed E-state index contributed by atoms with van der Waals surface area (Å²) >= 11 is 0. The highest BCUT2D eigenvalue weighted by Crippen LogP contribution is 2.34. The Balaban J connectivity index is 1.88. The van der Waals surface area contributed by atoms with E-state index in [1.165, 1.54) is 6.07 Å². The average Bonchev–Trinajstić information content (AvgIpc) is 2.77. The largest absolute Gasteiger partial charge is 0.368 e. The lowest BCUT2D eigenvalue weighted by atomic mass is 9.82. The van der Waals surface area contributed by atoms with Crippen LogP contribution in [0.15, 0.2) is 48.8 Å². The first-order valence-electron chi connectivity index (χ1n) is 10.4. The number of hydrogen-bond donors (Lipinski definition) is 3. The number of carbonyl (C=O) groups is 1. The molecule has 1 unspecified atom stereocenters. The highest BCUT2D eigenvalue weighted by Gasteiger charge is 2.42. The van der Waals surface area contributed by atoms with Gasteiger partial charge in [0.1, 0.15) is 5.54 Å². The van der Waals surface area contributed by atoms with Crippen LogP contribution in [0.4, 0.5) is 5.69 Å². The van der Waals surface area contributed by atoms with E-state index in [-0.39, 0.29) is 5.69 Å². The summed E-state index contributed by atoms with van der Waals surface area (Å²) < 4.78 is 0. The molecule has 0 bridgehead atoms. The Labute approximate surface area is 176 Å². The third kappa shape index (κ3) is 5.20. The van der Waals surface area contributed by atoms with Crippen molar-refractivity contribution in [3.05, 3.63) is 70.0 Å². The highest BCUT2D eigenvalue weighted by atomic mass is 16.6. The summed E-state index contributed by atoms with van der Waals surface area (Å²) in [6, 6.07) is 10.1. The maximum Gasteiger partial charge on any atom is 0.274 e. The van der Waals surface area contributed by atoms with Crippen LogP contribution >= 0.6 is 0 Å². The molecule has 1 saturated heterocycles. The number of primary amides is 1. The van der Waals surface area contributed by atoms with Gasteiger partial charge in [-0.05, 0) is 81.4 Å². The number of nitro groups is 1. The molecule has 8 heteroatoms. The Morgan fingerprint density at radius 2 is 1.93 bits per heavy atom. The van der Waals surface area contributed by atoms with Crippen LogP contribution in [0.3, 0.4) is 0 Å². The van der Waals surface area contributed by atoms with Gasteiger partial charge in [-0.15, -0.1) is 0 Å². The van der Waals surface area contributed by atoms with E-state index in [0.29, 0.717) is 30.9 Å². The van der Waals surface area contributed by atoms with E-state index < -0.39 is 16.4 Å². The number of pyridine rings is 1. The first kappa shape index (κ1) is 21.9. The maximum absolute atomic E-state index is 12.8. The zero-order valence-electron chi connectivity index (χ0n) is 17.0. The predicted octanol–water partition coefficient (Wildman–Crippen LogP) is 2.28. The summed E-state index contributed by atoms with van der Waals surface area (Å²) in [4.78, 5) is 28.1. The molecule has 2 aromatic rings. The van der Waals surface area contributed by atoms with Gasteiger partial charge in [-0.1, -0.05) is 12.1 Å². The summed E-state index contributed by atoms with van der Waals surface area (Å²) in [7, 11) is 0. The quantitative estimate of drug-likeness (QED) is 0.407. The van der Waals surface area contributed by atoms with Crippen LogP contribution in [-0.4, -0.2) is 35.4 Å². The minimum atomic E-state index is -1.32. The molecule has 8 nitrogen and oxygen atoms in total. The Morgan fingerprint density at radius 3 is 2.60 bits per heavy atom. The number of nitro benzene ring substituents is 1. The van der Waals surface area contributed by atoms with Crippen molar-refractivity contribution in [2.24, 2.45) is 11.7 Å². The molecular formula is C22H29N5O3. The van der Waals surface area contributed by atoms with Crippen molar-refractivity contribution in [2.45, 2.75) is 37.6 Å². The smallest absolute Gasteiger partial charge is 0.274 e. The van der Waals surface area contributed by atoms with Crippen LogP contribution in [0.5, 0.6) is 0 Å². The van der Waals surface area contributed by atoms with E-state index in [1.54, 1.807) is 30.6 Å². The highest BCUT2D eigenvalue weighted by molar-refractivity contribution is 5.87. The maximum atomic E-state index is 12.8. The molecule has 1 aromatic heterocycles. The Hall–Kier alpha value is -2.84. The predicted molar refractivity (Wildman–Crippen MR) is 115 cm³/mol. The standard InChI is InChI=1S/C22H29N5O3/c23-21(28)22(11-5-17-6-12-24-13-7-17,19-3-1-2-4-20(19)27(29)30)26-16-10-18-8-14-25-15-9-18/h1-4,6-7,12-13,18,25-26H,5,8-11,14-16H2,(H2,23,28). The number of rotatable bonds is 10. The van der Waals surface area contributed by atoms with Crippen molar-refractivity contribution >= 4 is 11.6 Å². The zero-order chi connectivity index (χ0) is 21.4. The second-order valence-corrected chi connectivity index (χ2v) is 7.81. The van der Waals surface area contributed by atoms with E-state index in [2.05, 4.69) is 15.6 Å². The van der Waals surface area contributed by atoms with Crippen molar-refractivity contribution in [1.82, 2.24) is 15.6 Å². The molecule has 1 aliphatic heterocycles. The number of amides is 1. The second-order valence-electron chi connectivity index (χ2n) is 7.81. The number of nitrogens with two attached hydrogens (primary N) is 1. The van der Waals surface area contributed by atoms with Gasteiger partial charge in [-0.3, -0.25) is 25.2 Å². The Bertz CT molecular complexity index is 855. The van der Waals surface area contributed by atoms with Gasteiger partial charge in [0.2, 0.25) is 5.91 Å². The van der Waals surface area contributed by atoms with Crippen LogP contribution in [-0.2, 0) is 16.8 Å². The number of aromatic nitrogens is 1. The lowest BCUT2D eigenvalue weighted by molar-refractivity contribution is -0.386. The van der Waals surface area contributed by atoms with Gasteiger partial charge in [0, 0.05) is 18.5 Å². The molecule has 1 amide bonds. The van der Waals surface area contributed by atoms with Gasteiger partial charge in [0.05, 0.1) is 10.5 Å². The third-order valence-electron chi connectivity index (χ3n) is 5.96. The second kappa shape index (κ2) is 10.3. The topological polar surface area (TPSA) is 123 Å². The fourth-order valence-electron chi connectivity index (χ4n) is 4.20. The molecule has 0 radical (unpaired) electrons. The van der Waals surface area contributed by atoms with Gasteiger partial charge >= 0.3 is 0 Å². The molecule has 0 spiro atoms. The molecule has 0 saturated carbocycles. The third-order valence-corrected chi connectivity index (χ3v) is 5.96. The number of aryl methyl sites for hydroxylation is 1. The van der Waals surface area contributed by atoms with Crippen molar-refractivity contribution in [1.29, 1.82) is 0 Å². The minimum Gasteiger partial charge on any atom is -0.368 e. The summed E-state index contributed by atoms with van der Waals surface area (Å²) in [5, 5.41) is 18.4.